The Kier molecular flexibility index (Phi) is 5.43. The van der Waals surface area contributed by atoms with Crippen molar-refractivity contribution in [2.75, 3.05) is 14.2 Å². The Hall–Kier alpha value is -2.01. The Balaban J connectivity index is 1.81. The zero-order valence-corrected chi connectivity index (χ0v) is 12.5. The maximum Gasteiger partial charge on any atom is 0.191 e. The molecule has 1 aromatic heterocycles. The summed E-state index contributed by atoms with van der Waals surface area (Å²) in [5.74, 6) is 1.67. The molecular formula is C15H19N3OS. The third-order valence-corrected chi connectivity index (χ3v) is 3.61. The minimum Gasteiger partial charge on any atom is -0.497 e. The van der Waals surface area contributed by atoms with Crippen LogP contribution < -0.4 is 15.4 Å². The van der Waals surface area contributed by atoms with Crippen LogP contribution in [0.3, 0.4) is 0 Å². The molecule has 0 aliphatic carbocycles. The van der Waals surface area contributed by atoms with Crippen LogP contribution in [0, 0.1) is 0 Å². The maximum absolute atomic E-state index is 5.14. The van der Waals surface area contributed by atoms with Crippen molar-refractivity contribution >= 4 is 17.3 Å². The van der Waals surface area contributed by atoms with Crippen LogP contribution in [0.1, 0.15) is 11.1 Å². The molecule has 0 atom stereocenters. The molecule has 1 aromatic carbocycles. The van der Waals surface area contributed by atoms with Gasteiger partial charge in [0.05, 0.1) is 7.11 Å². The highest BCUT2D eigenvalue weighted by Gasteiger charge is 1.99. The Morgan fingerprint density at radius 2 is 1.80 bits per heavy atom. The van der Waals surface area contributed by atoms with Gasteiger partial charge in [-0.2, -0.15) is 11.3 Å². The summed E-state index contributed by atoms with van der Waals surface area (Å²) in [5.41, 5.74) is 2.45. The van der Waals surface area contributed by atoms with E-state index in [0.717, 1.165) is 24.8 Å². The normalized spacial score (nSPS) is 11.2. The lowest BCUT2D eigenvalue weighted by Crippen LogP contribution is -2.36. The first-order chi connectivity index (χ1) is 9.81. The molecule has 1 heterocycles. The molecule has 5 heteroatoms. The van der Waals surface area contributed by atoms with Gasteiger partial charge >= 0.3 is 0 Å². The Bertz CT molecular complexity index is 535. The second-order valence-corrected chi connectivity index (χ2v) is 5.04. The first-order valence-electron chi connectivity index (χ1n) is 6.40. The molecular weight excluding hydrogens is 270 g/mol. The fourth-order valence-corrected chi connectivity index (χ4v) is 2.40. The van der Waals surface area contributed by atoms with E-state index in [9.17, 15) is 0 Å². The third-order valence-electron chi connectivity index (χ3n) is 2.88. The second kappa shape index (κ2) is 7.55. The number of nitrogens with zero attached hydrogens (tertiary/aromatic N) is 1. The van der Waals surface area contributed by atoms with Crippen LogP contribution >= 0.6 is 11.3 Å². The quantitative estimate of drug-likeness (QED) is 0.657. The van der Waals surface area contributed by atoms with E-state index >= 15 is 0 Å². The van der Waals surface area contributed by atoms with Crippen molar-refractivity contribution in [3.05, 3.63) is 52.2 Å². The van der Waals surface area contributed by atoms with Crippen LogP contribution in [0.2, 0.25) is 0 Å². The van der Waals surface area contributed by atoms with Crippen LogP contribution in [-0.4, -0.2) is 20.1 Å². The predicted molar refractivity (Wildman–Crippen MR) is 84.4 cm³/mol. The molecule has 2 aromatic rings. The van der Waals surface area contributed by atoms with E-state index in [4.69, 9.17) is 4.74 Å². The van der Waals surface area contributed by atoms with Crippen LogP contribution in [0.15, 0.2) is 46.1 Å². The molecule has 0 unspecified atom stereocenters. The van der Waals surface area contributed by atoms with Crippen molar-refractivity contribution in [1.29, 1.82) is 0 Å². The van der Waals surface area contributed by atoms with Gasteiger partial charge in [0.1, 0.15) is 5.75 Å². The van der Waals surface area contributed by atoms with Crippen molar-refractivity contribution in [2.24, 2.45) is 4.99 Å². The second-order valence-electron chi connectivity index (χ2n) is 4.26. The van der Waals surface area contributed by atoms with Gasteiger partial charge in [-0.25, -0.2) is 0 Å². The zero-order chi connectivity index (χ0) is 14.2. The van der Waals surface area contributed by atoms with Gasteiger partial charge in [-0.1, -0.05) is 12.1 Å². The van der Waals surface area contributed by atoms with Crippen molar-refractivity contribution < 1.29 is 4.74 Å². The Morgan fingerprint density at radius 1 is 1.10 bits per heavy atom. The molecule has 106 valence electrons. The van der Waals surface area contributed by atoms with Gasteiger partial charge in [-0.05, 0) is 40.1 Å². The van der Waals surface area contributed by atoms with Gasteiger partial charge in [0.2, 0.25) is 0 Å². The average Bonchev–Trinajstić information content (AvgIpc) is 3.01. The van der Waals surface area contributed by atoms with E-state index in [1.54, 1.807) is 25.5 Å². The van der Waals surface area contributed by atoms with Crippen molar-refractivity contribution in [2.45, 2.75) is 13.1 Å². The molecule has 2 N–H and O–H groups in total. The van der Waals surface area contributed by atoms with Gasteiger partial charge in [0, 0.05) is 20.1 Å². The van der Waals surface area contributed by atoms with Crippen LogP contribution in [0.5, 0.6) is 5.75 Å². The molecule has 0 saturated carbocycles. The summed E-state index contributed by atoms with van der Waals surface area (Å²) in [4.78, 5) is 4.21. The van der Waals surface area contributed by atoms with E-state index in [0.29, 0.717) is 0 Å². The first kappa shape index (κ1) is 14.4. The zero-order valence-electron chi connectivity index (χ0n) is 11.7. The number of thiophene rings is 1. The van der Waals surface area contributed by atoms with E-state index < -0.39 is 0 Å². The van der Waals surface area contributed by atoms with Gasteiger partial charge in [-0.15, -0.1) is 0 Å². The average molecular weight is 289 g/mol. The fraction of sp³-hybridized carbons (Fsp3) is 0.267. The van der Waals surface area contributed by atoms with Crippen LogP contribution in [0.4, 0.5) is 0 Å². The summed E-state index contributed by atoms with van der Waals surface area (Å²) in [6, 6.07) is 10.1. The molecule has 0 aliphatic heterocycles. The molecule has 0 spiro atoms. The predicted octanol–water partition coefficient (Wildman–Crippen LogP) is 2.62. The molecule has 0 saturated heterocycles. The standard InChI is InChI=1S/C15H19N3OS/c1-16-15(18-10-13-7-8-20-11-13)17-9-12-3-5-14(19-2)6-4-12/h3-8,11H,9-10H2,1-2H3,(H2,16,17,18). The summed E-state index contributed by atoms with van der Waals surface area (Å²) in [6.07, 6.45) is 0. The number of hydrogen-bond acceptors (Lipinski definition) is 3. The van der Waals surface area contributed by atoms with Gasteiger partial charge < -0.3 is 15.4 Å². The minimum atomic E-state index is 0.729. The fourth-order valence-electron chi connectivity index (χ4n) is 1.73. The summed E-state index contributed by atoms with van der Waals surface area (Å²) in [7, 11) is 3.44. The number of benzene rings is 1. The van der Waals surface area contributed by atoms with Gasteiger partial charge in [0.25, 0.3) is 0 Å². The largest absolute Gasteiger partial charge is 0.497 e. The number of rotatable bonds is 5. The molecule has 0 radical (unpaired) electrons. The van der Waals surface area contributed by atoms with E-state index in [2.05, 4.69) is 32.5 Å². The van der Waals surface area contributed by atoms with E-state index in [-0.39, 0.29) is 0 Å². The smallest absolute Gasteiger partial charge is 0.191 e. The molecule has 2 rings (SSSR count). The molecule has 20 heavy (non-hydrogen) atoms. The topological polar surface area (TPSA) is 45.7 Å². The molecule has 0 aliphatic rings. The minimum absolute atomic E-state index is 0.729. The summed E-state index contributed by atoms with van der Waals surface area (Å²) in [6.45, 7) is 1.51. The maximum atomic E-state index is 5.14. The lowest BCUT2D eigenvalue weighted by molar-refractivity contribution is 0.414. The van der Waals surface area contributed by atoms with Crippen molar-refractivity contribution in [1.82, 2.24) is 10.6 Å². The highest BCUT2D eigenvalue weighted by atomic mass is 32.1. The highest BCUT2D eigenvalue weighted by Crippen LogP contribution is 2.10. The van der Waals surface area contributed by atoms with Gasteiger partial charge in [0.15, 0.2) is 5.96 Å². The Labute approximate surface area is 123 Å². The van der Waals surface area contributed by atoms with E-state index in [1.165, 1.54) is 11.1 Å². The molecule has 4 nitrogen and oxygen atoms in total. The van der Waals surface area contributed by atoms with Crippen molar-refractivity contribution in [3.8, 4) is 5.75 Å². The number of methoxy groups -OCH3 is 1. The number of ether oxygens (including phenoxy) is 1. The van der Waals surface area contributed by atoms with E-state index in [1.807, 2.05) is 24.3 Å². The number of hydrogen-bond donors (Lipinski definition) is 2. The molecule has 0 bridgehead atoms. The number of aliphatic imine (C=N–C) groups is 1. The SMILES string of the molecule is CN=C(NCc1ccc(OC)cc1)NCc1ccsc1. The number of guanidine groups is 1. The van der Waals surface area contributed by atoms with Crippen molar-refractivity contribution in [3.63, 3.8) is 0 Å². The monoisotopic (exact) mass is 289 g/mol. The van der Waals surface area contributed by atoms with Gasteiger partial charge in [-0.3, -0.25) is 4.99 Å². The summed E-state index contributed by atoms with van der Waals surface area (Å²) >= 11 is 1.70. The third kappa shape index (κ3) is 4.28. The first-order valence-corrected chi connectivity index (χ1v) is 7.34. The van der Waals surface area contributed by atoms with Crippen LogP contribution in [-0.2, 0) is 13.1 Å². The number of nitrogens with one attached hydrogen (secondary N) is 2. The lowest BCUT2D eigenvalue weighted by atomic mass is 10.2. The summed E-state index contributed by atoms with van der Waals surface area (Å²) < 4.78 is 5.14. The lowest BCUT2D eigenvalue weighted by Gasteiger charge is -2.11. The molecule has 0 amide bonds. The Morgan fingerprint density at radius 3 is 2.35 bits per heavy atom. The molecule has 0 fully saturated rings. The van der Waals surface area contributed by atoms with Crippen LogP contribution in [0.25, 0.3) is 0 Å². The highest BCUT2D eigenvalue weighted by molar-refractivity contribution is 7.07. The summed E-state index contributed by atoms with van der Waals surface area (Å²) in [5, 5.41) is 10.8.